The van der Waals surface area contributed by atoms with Crippen LogP contribution in [-0.4, -0.2) is 83.7 Å². The standard InChI is InChI=1S/C29H42F4N6O.2H2/c1-20-13-24(19-38(18-20)10-6-23(30)5-3-4-7-29(31,32)33)37-26(40)39-11-8-27(35,9-12-39)16-25(34)28-14-21(2)36-17-22(28)15-28;;/h3-7,14,17,20,22,24,26,34,37,40H,8-13,15-16,18-19,35H2,1-2H3;2*1H/b5-3-,7-4+,23-6-,34-25?;;. The molecule has 40 heavy (non-hydrogen) atoms. The van der Waals surface area contributed by atoms with E-state index in [2.05, 4.69) is 28.2 Å². The molecule has 1 aliphatic carbocycles. The summed E-state index contributed by atoms with van der Waals surface area (Å²) < 4.78 is 50.5. The van der Waals surface area contributed by atoms with Crippen LogP contribution in [0, 0.1) is 22.7 Å². The van der Waals surface area contributed by atoms with Gasteiger partial charge in [-0.05, 0) is 50.7 Å². The first kappa shape index (κ1) is 30.8. The lowest BCUT2D eigenvalue weighted by Crippen LogP contribution is -2.60. The minimum Gasteiger partial charge on any atom is -0.365 e. The number of halogens is 4. The molecule has 3 aliphatic heterocycles. The lowest BCUT2D eigenvalue weighted by atomic mass is 9.79. The number of likely N-dealkylation sites (tertiary alicyclic amines) is 2. The quantitative estimate of drug-likeness (QED) is 0.131. The van der Waals surface area contributed by atoms with Gasteiger partial charge in [-0.25, -0.2) is 4.39 Å². The number of aliphatic hydroxyl groups excluding tert-OH is 1. The summed E-state index contributed by atoms with van der Waals surface area (Å²) in [5.74, 6) is 0.0537. The molecule has 0 spiro atoms. The molecule has 0 amide bonds. The van der Waals surface area contributed by atoms with Gasteiger partial charge < -0.3 is 16.2 Å². The monoisotopic (exact) mass is 570 g/mol. The molecule has 5 unspecified atom stereocenters. The second-order valence-corrected chi connectivity index (χ2v) is 12.1. The highest BCUT2D eigenvalue weighted by Crippen LogP contribution is 2.57. The van der Waals surface area contributed by atoms with Gasteiger partial charge in [-0.15, -0.1) is 0 Å². The van der Waals surface area contributed by atoms with Gasteiger partial charge in [0.05, 0.1) is 0 Å². The van der Waals surface area contributed by atoms with Crippen molar-refractivity contribution in [1.82, 2.24) is 15.1 Å². The van der Waals surface area contributed by atoms with E-state index in [-0.39, 0.29) is 20.4 Å². The highest BCUT2D eigenvalue weighted by Gasteiger charge is 2.57. The first-order valence-corrected chi connectivity index (χ1v) is 14.1. The van der Waals surface area contributed by atoms with Gasteiger partial charge in [-0.1, -0.05) is 25.2 Å². The SMILES string of the molecule is CC1=CC2(C(=N)CC3(N)CCN(C(O)NC4CC(C)CN(C/C=C(F)/C=C\C=C\C(F)(F)F)C4)CC3)CC2C=N1.[HH].[HH]. The van der Waals surface area contributed by atoms with Crippen LogP contribution in [0.25, 0.3) is 0 Å². The fourth-order valence-corrected chi connectivity index (χ4v) is 6.26. The van der Waals surface area contributed by atoms with Crippen LogP contribution in [0.3, 0.4) is 0 Å². The molecule has 4 rings (SSSR count). The summed E-state index contributed by atoms with van der Waals surface area (Å²) >= 11 is 0. The molecule has 226 valence electrons. The van der Waals surface area contributed by atoms with Crippen molar-refractivity contribution < 1.29 is 25.5 Å². The van der Waals surface area contributed by atoms with Gasteiger partial charge in [0, 0.05) is 88.6 Å². The smallest absolute Gasteiger partial charge is 0.365 e. The Bertz CT molecular complexity index is 1090. The molecule has 5 N–H and O–H groups in total. The van der Waals surface area contributed by atoms with Gasteiger partial charge >= 0.3 is 6.18 Å². The maximum absolute atomic E-state index is 14.1. The molecule has 0 radical (unpaired) electrons. The molecule has 11 heteroatoms. The number of piperidine rings is 2. The summed E-state index contributed by atoms with van der Waals surface area (Å²) in [6.45, 7) is 7.03. The molecule has 5 atom stereocenters. The molecule has 3 heterocycles. The van der Waals surface area contributed by atoms with E-state index in [1.807, 2.05) is 18.0 Å². The fourth-order valence-electron chi connectivity index (χ4n) is 6.26. The van der Waals surface area contributed by atoms with Crippen molar-refractivity contribution in [1.29, 1.82) is 5.41 Å². The Kier molecular flexibility index (Phi) is 9.51. The van der Waals surface area contributed by atoms with Gasteiger partial charge in [0.2, 0.25) is 0 Å². The number of alkyl halides is 3. The average molecular weight is 571 g/mol. The van der Waals surface area contributed by atoms with E-state index in [4.69, 9.17) is 11.1 Å². The van der Waals surface area contributed by atoms with Crippen molar-refractivity contribution in [3.63, 3.8) is 0 Å². The highest BCUT2D eigenvalue weighted by molar-refractivity contribution is 5.98. The Morgan fingerprint density at radius 1 is 1.32 bits per heavy atom. The minimum absolute atomic E-state index is 0. The number of hydrogen-bond donors (Lipinski definition) is 4. The predicted molar refractivity (Wildman–Crippen MR) is 154 cm³/mol. The Balaban J connectivity index is 0.00000308. The number of nitrogens with zero attached hydrogens (tertiary/aromatic N) is 3. The molecule has 7 nitrogen and oxygen atoms in total. The van der Waals surface area contributed by atoms with Gasteiger partial charge in [0.15, 0.2) is 6.35 Å². The Morgan fingerprint density at radius 3 is 2.75 bits per heavy atom. The van der Waals surface area contributed by atoms with E-state index < -0.39 is 23.9 Å². The maximum atomic E-state index is 14.1. The number of fused-ring (bicyclic) bond motifs is 1. The summed E-state index contributed by atoms with van der Waals surface area (Å²) in [5.41, 5.74) is 7.74. The molecule has 3 fully saturated rings. The second-order valence-electron chi connectivity index (χ2n) is 12.1. The van der Waals surface area contributed by atoms with E-state index in [1.54, 1.807) is 0 Å². The molecular formula is C29H46F4N6O. The number of hydrogen-bond acceptors (Lipinski definition) is 7. The van der Waals surface area contributed by atoms with Crippen molar-refractivity contribution in [2.45, 2.75) is 70.1 Å². The van der Waals surface area contributed by atoms with Crippen LogP contribution in [0.15, 0.2) is 53.0 Å². The molecular weight excluding hydrogens is 524 g/mol. The van der Waals surface area contributed by atoms with Crippen molar-refractivity contribution >= 4 is 11.9 Å². The van der Waals surface area contributed by atoms with E-state index in [0.717, 1.165) is 43.3 Å². The van der Waals surface area contributed by atoms with Crippen molar-refractivity contribution in [3.8, 4) is 0 Å². The lowest BCUT2D eigenvalue weighted by Gasteiger charge is -2.43. The number of nitrogens with two attached hydrogens (primary N) is 1. The first-order valence-electron chi connectivity index (χ1n) is 14.1. The molecule has 4 aliphatic rings. The number of nitrogens with one attached hydrogen (secondary N) is 2. The molecule has 1 saturated carbocycles. The maximum Gasteiger partial charge on any atom is 0.409 e. The minimum atomic E-state index is -4.42. The normalized spacial score (nSPS) is 32.4. The molecule has 0 aromatic carbocycles. The summed E-state index contributed by atoms with van der Waals surface area (Å²) in [7, 11) is 0. The van der Waals surface area contributed by atoms with Crippen LogP contribution in [0.5, 0.6) is 0 Å². The lowest BCUT2D eigenvalue weighted by molar-refractivity contribution is -0.0798. The summed E-state index contributed by atoms with van der Waals surface area (Å²) in [6, 6.07) is 0.00658. The number of aliphatic imine (C=N–C) groups is 1. The van der Waals surface area contributed by atoms with Crippen LogP contribution in [-0.2, 0) is 0 Å². The summed E-state index contributed by atoms with van der Waals surface area (Å²) in [5, 5.41) is 23.1. The van der Waals surface area contributed by atoms with Gasteiger partial charge in [-0.3, -0.25) is 20.1 Å². The van der Waals surface area contributed by atoms with Crippen LogP contribution >= 0.6 is 0 Å². The zero-order chi connectivity index (χ0) is 29.1. The fraction of sp³-hybridized carbons (Fsp3) is 0.655. The van der Waals surface area contributed by atoms with Crippen molar-refractivity contribution in [2.24, 2.45) is 28.0 Å². The van der Waals surface area contributed by atoms with Crippen LogP contribution in [0.4, 0.5) is 17.6 Å². The highest BCUT2D eigenvalue weighted by atomic mass is 19.4. The third-order valence-electron chi connectivity index (χ3n) is 8.53. The molecule has 2 saturated heterocycles. The van der Waals surface area contributed by atoms with Gasteiger partial charge in [0.1, 0.15) is 5.83 Å². The van der Waals surface area contributed by atoms with Crippen molar-refractivity contribution in [3.05, 3.63) is 48.0 Å². The average Bonchev–Trinajstić information content (AvgIpc) is 3.60. The number of aliphatic hydroxyl groups is 1. The Hall–Kier alpha value is -2.18. The third kappa shape index (κ3) is 8.19. The van der Waals surface area contributed by atoms with E-state index in [9.17, 15) is 22.7 Å². The number of allylic oxidation sites excluding steroid dienone is 7. The second kappa shape index (κ2) is 12.4. The summed E-state index contributed by atoms with van der Waals surface area (Å²) in [4.78, 5) is 8.43. The Labute approximate surface area is 237 Å². The van der Waals surface area contributed by atoms with Crippen LogP contribution in [0.1, 0.15) is 48.8 Å². The Morgan fingerprint density at radius 2 is 2.05 bits per heavy atom. The van der Waals surface area contributed by atoms with Crippen molar-refractivity contribution in [2.75, 3.05) is 32.7 Å². The molecule has 0 aromatic heterocycles. The zero-order valence-corrected chi connectivity index (χ0v) is 23.3. The molecule has 0 bridgehead atoms. The first-order chi connectivity index (χ1) is 18.8. The third-order valence-corrected chi connectivity index (χ3v) is 8.53. The van der Waals surface area contributed by atoms with Crippen LogP contribution < -0.4 is 11.1 Å². The number of rotatable bonds is 10. The topological polar surface area (TPSA) is 101 Å². The van der Waals surface area contributed by atoms with E-state index in [0.29, 0.717) is 63.0 Å². The van der Waals surface area contributed by atoms with E-state index in [1.165, 1.54) is 6.08 Å². The summed E-state index contributed by atoms with van der Waals surface area (Å²) in [6.07, 6.45) is 6.78. The molecule has 0 aromatic rings. The van der Waals surface area contributed by atoms with Gasteiger partial charge in [0.25, 0.3) is 0 Å². The van der Waals surface area contributed by atoms with E-state index >= 15 is 0 Å². The van der Waals surface area contributed by atoms with Gasteiger partial charge in [-0.2, -0.15) is 13.2 Å². The zero-order valence-electron chi connectivity index (χ0n) is 23.3. The van der Waals surface area contributed by atoms with Crippen LogP contribution in [0.2, 0.25) is 0 Å². The largest absolute Gasteiger partial charge is 0.409 e. The predicted octanol–water partition coefficient (Wildman–Crippen LogP) is 4.78.